The van der Waals surface area contributed by atoms with Crippen LogP contribution >= 0.6 is 0 Å². The second kappa shape index (κ2) is 4.23. The fraction of sp³-hybridized carbons (Fsp3) is 0.154. The number of aromatic nitrogens is 1. The summed E-state index contributed by atoms with van der Waals surface area (Å²) in [7, 11) is 0. The zero-order valence-corrected chi connectivity index (χ0v) is 9.21. The largest absolute Gasteiger partial charge is 0.361 e. The smallest absolute Gasteiger partial charge is 0.252 e. The van der Waals surface area contributed by atoms with Crippen molar-refractivity contribution in [3.8, 4) is 0 Å². The number of amides is 1. The Bertz CT molecular complexity index is 540. The Balaban J connectivity index is 2.29. The average Bonchev–Trinajstić information content (AvgIpc) is 2.73. The van der Waals surface area contributed by atoms with Gasteiger partial charge < -0.3 is 10.3 Å². The summed E-state index contributed by atoms with van der Waals surface area (Å²) in [5.41, 5.74) is 2.61. The third kappa shape index (κ3) is 1.98. The zero-order chi connectivity index (χ0) is 11.5. The van der Waals surface area contributed by atoms with Crippen LogP contribution in [0.15, 0.2) is 42.6 Å². The normalized spacial score (nSPS) is 10.3. The van der Waals surface area contributed by atoms with E-state index in [4.69, 9.17) is 0 Å². The van der Waals surface area contributed by atoms with E-state index in [0.29, 0.717) is 12.1 Å². The molecule has 0 bridgehead atoms. The third-order valence-corrected chi connectivity index (χ3v) is 2.39. The minimum atomic E-state index is -0.0619. The van der Waals surface area contributed by atoms with Gasteiger partial charge in [-0.15, -0.1) is 0 Å². The van der Waals surface area contributed by atoms with Gasteiger partial charge in [0.2, 0.25) is 0 Å². The molecule has 2 rings (SSSR count). The van der Waals surface area contributed by atoms with Crippen LogP contribution in [0.1, 0.15) is 17.3 Å². The Morgan fingerprint density at radius 2 is 2.25 bits per heavy atom. The highest BCUT2D eigenvalue weighted by Gasteiger charge is 2.09. The highest BCUT2D eigenvalue weighted by molar-refractivity contribution is 6.06. The summed E-state index contributed by atoms with van der Waals surface area (Å²) in [5.74, 6) is -0.0619. The SMILES string of the molecule is C=C(C)CNC(=O)c1cccc2[nH]ccc12. The van der Waals surface area contributed by atoms with E-state index in [1.807, 2.05) is 37.4 Å². The van der Waals surface area contributed by atoms with Crippen LogP contribution in [-0.4, -0.2) is 17.4 Å². The molecule has 0 unspecified atom stereocenters. The number of carbonyl (C=O) groups excluding carboxylic acids is 1. The molecule has 1 aromatic heterocycles. The number of hydrogen-bond acceptors (Lipinski definition) is 1. The van der Waals surface area contributed by atoms with Gasteiger partial charge in [-0.2, -0.15) is 0 Å². The average molecular weight is 214 g/mol. The quantitative estimate of drug-likeness (QED) is 0.757. The number of benzene rings is 1. The molecule has 1 heterocycles. The molecule has 2 aromatic rings. The topological polar surface area (TPSA) is 44.9 Å². The molecule has 0 atom stereocenters. The second-order valence-electron chi connectivity index (χ2n) is 3.88. The lowest BCUT2D eigenvalue weighted by Gasteiger charge is -2.05. The predicted octanol–water partition coefficient (Wildman–Crippen LogP) is 2.47. The van der Waals surface area contributed by atoms with Crippen molar-refractivity contribution < 1.29 is 4.79 Å². The maximum atomic E-state index is 11.9. The van der Waals surface area contributed by atoms with Crippen LogP contribution in [0.3, 0.4) is 0 Å². The van der Waals surface area contributed by atoms with Crippen molar-refractivity contribution in [3.63, 3.8) is 0 Å². The van der Waals surface area contributed by atoms with Crippen molar-refractivity contribution in [3.05, 3.63) is 48.2 Å². The van der Waals surface area contributed by atoms with Gasteiger partial charge in [-0.1, -0.05) is 18.2 Å². The molecule has 1 aromatic carbocycles. The maximum absolute atomic E-state index is 11.9. The molecule has 3 heteroatoms. The van der Waals surface area contributed by atoms with Gasteiger partial charge in [0, 0.05) is 29.2 Å². The lowest BCUT2D eigenvalue weighted by molar-refractivity contribution is 0.0958. The molecule has 0 saturated carbocycles. The molecular weight excluding hydrogens is 200 g/mol. The number of hydrogen-bond donors (Lipinski definition) is 2. The number of rotatable bonds is 3. The standard InChI is InChI=1S/C13H14N2O/c1-9(2)8-15-13(16)11-4-3-5-12-10(11)6-7-14-12/h3-7,14H,1,8H2,2H3,(H,15,16). The lowest BCUT2D eigenvalue weighted by Crippen LogP contribution is -2.24. The first kappa shape index (κ1) is 10.5. The van der Waals surface area contributed by atoms with E-state index in [-0.39, 0.29) is 5.91 Å². The Morgan fingerprint density at radius 1 is 1.44 bits per heavy atom. The Labute approximate surface area is 94.2 Å². The molecule has 82 valence electrons. The highest BCUT2D eigenvalue weighted by Crippen LogP contribution is 2.17. The van der Waals surface area contributed by atoms with Gasteiger partial charge in [-0.3, -0.25) is 4.79 Å². The second-order valence-corrected chi connectivity index (χ2v) is 3.88. The van der Waals surface area contributed by atoms with E-state index >= 15 is 0 Å². The molecule has 16 heavy (non-hydrogen) atoms. The molecule has 3 nitrogen and oxygen atoms in total. The lowest BCUT2D eigenvalue weighted by atomic mass is 10.1. The van der Waals surface area contributed by atoms with Gasteiger partial charge in [0.25, 0.3) is 5.91 Å². The van der Waals surface area contributed by atoms with Crippen LogP contribution in [-0.2, 0) is 0 Å². The van der Waals surface area contributed by atoms with Gasteiger partial charge >= 0.3 is 0 Å². The van der Waals surface area contributed by atoms with E-state index in [0.717, 1.165) is 16.5 Å². The van der Waals surface area contributed by atoms with Crippen molar-refractivity contribution >= 4 is 16.8 Å². The van der Waals surface area contributed by atoms with E-state index in [1.54, 1.807) is 0 Å². The number of aromatic amines is 1. The van der Waals surface area contributed by atoms with Gasteiger partial charge in [0.1, 0.15) is 0 Å². The number of nitrogens with one attached hydrogen (secondary N) is 2. The molecule has 0 spiro atoms. The van der Waals surface area contributed by atoms with Gasteiger partial charge in [0.15, 0.2) is 0 Å². The first-order valence-electron chi connectivity index (χ1n) is 5.17. The molecule has 0 radical (unpaired) electrons. The minimum Gasteiger partial charge on any atom is -0.361 e. The summed E-state index contributed by atoms with van der Waals surface area (Å²) in [6, 6.07) is 7.55. The maximum Gasteiger partial charge on any atom is 0.252 e. The first-order chi connectivity index (χ1) is 7.68. The van der Waals surface area contributed by atoms with Crippen LogP contribution in [0.4, 0.5) is 0 Å². The first-order valence-corrected chi connectivity index (χ1v) is 5.17. The van der Waals surface area contributed by atoms with E-state index < -0.39 is 0 Å². The molecule has 0 aliphatic rings. The summed E-state index contributed by atoms with van der Waals surface area (Å²) in [6.07, 6.45) is 1.83. The summed E-state index contributed by atoms with van der Waals surface area (Å²) in [5, 5.41) is 3.77. The monoisotopic (exact) mass is 214 g/mol. The molecule has 0 fully saturated rings. The molecule has 1 amide bonds. The van der Waals surface area contributed by atoms with Crippen LogP contribution in [0.5, 0.6) is 0 Å². The van der Waals surface area contributed by atoms with E-state index in [9.17, 15) is 4.79 Å². The summed E-state index contributed by atoms with van der Waals surface area (Å²) in [4.78, 5) is 15.0. The van der Waals surface area contributed by atoms with E-state index in [2.05, 4.69) is 16.9 Å². The Kier molecular flexibility index (Phi) is 2.77. The highest BCUT2D eigenvalue weighted by atomic mass is 16.1. The molecular formula is C13H14N2O. The molecule has 2 N–H and O–H groups in total. The van der Waals surface area contributed by atoms with Gasteiger partial charge in [-0.25, -0.2) is 0 Å². The van der Waals surface area contributed by atoms with Gasteiger partial charge in [-0.05, 0) is 25.1 Å². The number of H-pyrrole nitrogens is 1. The van der Waals surface area contributed by atoms with Gasteiger partial charge in [0.05, 0.1) is 0 Å². The van der Waals surface area contributed by atoms with Crippen molar-refractivity contribution in [2.45, 2.75) is 6.92 Å². The summed E-state index contributed by atoms with van der Waals surface area (Å²) >= 11 is 0. The number of fused-ring (bicyclic) bond motifs is 1. The minimum absolute atomic E-state index is 0.0619. The fourth-order valence-corrected chi connectivity index (χ4v) is 1.61. The Hall–Kier alpha value is -2.03. The van der Waals surface area contributed by atoms with Crippen molar-refractivity contribution in [1.82, 2.24) is 10.3 Å². The summed E-state index contributed by atoms with van der Waals surface area (Å²) in [6.45, 7) is 6.15. The van der Waals surface area contributed by atoms with Crippen molar-refractivity contribution in [2.24, 2.45) is 0 Å². The zero-order valence-electron chi connectivity index (χ0n) is 9.21. The van der Waals surface area contributed by atoms with Crippen LogP contribution in [0.2, 0.25) is 0 Å². The number of carbonyl (C=O) groups is 1. The predicted molar refractivity (Wildman–Crippen MR) is 65.4 cm³/mol. The Morgan fingerprint density at radius 3 is 3.00 bits per heavy atom. The summed E-state index contributed by atoms with van der Waals surface area (Å²) < 4.78 is 0. The van der Waals surface area contributed by atoms with Crippen LogP contribution in [0, 0.1) is 0 Å². The van der Waals surface area contributed by atoms with Crippen LogP contribution < -0.4 is 5.32 Å². The van der Waals surface area contributed by atoms with Crippen molar-refractivity contribution in [1.29, 1.82) is 0 Å². The third-order valence-electron chi connectivity index (χ3n) is 2.39. The molecule has 0 aliphatic heterocycles. The van der Waals surface area contributed by atoms with Crippen LogP contribution in [0.25, 0.3) is 10.9 Å². The fourth-order valence-electron chi connectivity index (χ4n) is 1.61. The van der Waals surface area contributed by atoms with E-state index in [1.165, 1.54) is 0 Å². The van der Waals surface area contributed by atoms with Crippen molar-refractivity contribution in [2.75, 3.05) is 6.54 Å². The molecule has 0 aliphatic carbocycles. The molecule has 0 saturated heterocycles.